The van der Waals surface area contributed by atoms with E-state index in [2.05, 4.69) is 15.8 Å². The molecule has 3 aromatic rings. The third kappa shape index (κ3) is 5.32. The lowest BCUT2D eigenvalue weighted by Crippen LogP contribution is -2.38. The molecule has 0 radical (unpaired) electrons. The van der Waals surface area contributed by atoms with Crippen LogP contribution in [-0.2, 0) is 14.3 Å². The minimum atomic E-state index is -1.12. The second-order valence-electron chi connectivity index (χ2n) is 6.57. The zero-order valence-corrected chi connectivity index (χ0v) is 16.5. The summed E-state index contributed by atoms with van der Waals surface area (Å²) < 4.78 is 10.2. The zero-order chi connectivity index (χ0) is 21.5. The molecule has 3 rings (SSSR count). The van der Waals surface area contributed by atoms with Crippen molar-refractivity contribution in [2.75, 3.05) is 5.32 Å². The van der Waals surface area contributed by atoms with Gasteiger partial charge in [-0.05, 0) is 31.5 Å². The standard InChI is InChI=1S/C22H21N3O5/c1-14-13-18(25-30-14)23-20(26)15(2)29-22(28)19(16-9-5-3-6-10-16)24-21(27)17-11-7-4-8-12-17/h3-13,15,19H,1-2H3,(H,24,27)(H,23,25,26)/t15-,19+/m0/s1. The Morgan fingerprint density at radius 2 is 1.63 bits per heavy atom. The summed E-state index contributed by atoms with van der Waals surface area (Å²) in [5.41, 5.74) is 0.935. The minimum absolute atomic E-state index is 0.220. The molecule has 2 amide bonds. The summed E-state index contributed by atoms with van der Waals surface area (Å²) in [5, 5.41) is 8.85. The number of anilines is 1. The quantitative estimate of drug-likeness (QED) is 0.583. The number of hydrogen-bond donors (Lipinski definition) is 2. The Kier molecular flexibility index (Phi) is 6.59. The van der Waals surface area contributed by atoms with Crippen LogP contribution in [0.5, 0.6) is 0 Å². The third-order valence-corrected chi connectivity index (χ3v) is 4.22. The van der Waals surface area contributed by atoms with Crippen molar-refractivity contribution in [3.05, 3.63) is 83.6 Å². The number of amides is 2. The second-order valence-corrected chi connectivity index (χ2v) is 6.57. The Labute approximate surface area is 173 Å². The number of aromatic nitrogens is 1. The van der Waals surface area contributed by atoms with Crippen LogP contribution in [-0.4, -0.2) is 29.0 Å². The van der Waals surface area contributed by atoms with Gasteiger partial charge >= 0.3 is 5.97 Å². The Balaban J connectivity index is 1.71. The normalized spacial score (nSPS) is 12.5. The second kappa shape index (κ2) is 9.51. The van der Waals surface area contributed by atoms with Gasteiger partial charge in [0.25, 0.3) is 11.8 Å². The van der Waals surface area contributed by atoms with Gasteiger partial charge in [0.15, 0.2) is 18.0 Å². The van der Waals surface area contributed by atoms with Crippen LogP contribution in [0.3, 0.4) is 0 Å². The molecule has 0 unspecified atom stereocenters. The Bertz CT molecular complexity index is 1020. The molecule has 1 aromatic heterocycles. The van der Waals surface area contributed by atoms with E-state index in [1.165, 1.54) is 6.92 Å². The summed E-state index contributed by atoms with van der Waals surface area (Å²) in [6.07, 6.45) is -1.12. The highest BCUT2D eigenvalue weighted by Crippen LogP contribution is 2.17. The molecule has 8 nitrogen and oxygen atoms in total. The topological polar surface area (TPSA) is 111 Å². The fourth-order valence-electron chi connectivity index (χ4n) is 2.68. The molecule has 30 heavy (non-hydrogen) atoms. The van der Waals surface area contributed by atoms with E-state index in [4.69, 9.17) is 9.26 Å². The number of hydrogen-bond acceptors (Lipinski definition) is 6. The molecular formula is C22H21N3O5. The number of nitrogens with one attached hydrogen (secondary N) is 2. The van der Waals surface area contributed by atoms with E-state index in [-0.39, 0.29) is 5.82 Å². The molecule has 2 atom stereocenters. The van der Waals surface area contributed by atoms with Gasteiger partial charge in [-0.1, -0.05) is 53.7 Å². The molecule has 0 fully saturated rings. The summed E-state index contributed by atoms with van der Waals surface area (Å²) >= 11 is 0. The van der Waals surface area contributed by atoms with E-state index in [1.54, 1.807) is 73.7 Å². The van der Waals surface area contributed by atoms with E-state index in [1.807, 2.05) is 0 Å². The van der Waals surface area contributed by atoms with Crippen LogP contribution in [0.1, 0.15) is 34.6 Å². The number of ether oxygens (including phenoxy) is 1. The van der Waals surface area contributed by atoms with Gasteiger partial charge in [-0.25, -0.2) is 4.79 Å². The molecular weight excluding hydrogens is 386 g/mol. The van der Waals surface area contributed by atoms with Crippen molar-refractivity contribution in [2.45, 2.75) is 26.0 Å². The molecule has 154 valence electrons. The zero-order valence-electron chi connectivity index (χ0n) is 16.5. The number of rotatable bonds is 7. The molecule has 2 aromatic carbocycles. The van der Waals surface area contributed by atoms with Crippen molar-refractivity contribution in [3.8, 4) is 0 Å². The monoisotopic (exact) mass is 407 g/mol. The number of benzene rings is 2. The molecule has 2 N–H and O–H groups in total. The minimum Gasteiger partial charge on any atom is -0.451 e. The van der Waals surface area contributed by atoms with Crippen LogP contribution >= 0.6 is 0 Å². The Morgan fingerprint density at radius 1 is 1.00 bits per heavy atom. The van der Waals surface area contributed by atoms with Crippen LogP contribution in [0.2, 0.25) is 0 Å². The van der Waals surface area contributed by atoms with Gasteiger partial charge in [-0.15, -0.1) is 0 Å². The first-order valence-electron chi connectivity index (χ1n) is 9.29. The SMILES string of the molecule is Cc1cc(NC(=O)[C@H](C)OC(=O)[C@H](NC(=O)c2ccccc2)c2ccccc2)no1. The largest absolute Gasteiger partial charge is 0.451 e. The predicted molar refractivity (Wildman–Crippen MR) is 109 cm³/mol. The average molecular weight is 407 g/mol. The van der Waals surface area contributed by atoms with Gasteiger partial charge in [-0.3, -0.25) is 9.59 Å². The first-order chi connectivity index (χ1) is 14.4. The van der Waals surface area contributed by atoms with Gasteiger partial charge in [0.2, 0.25) is 0 Å². The van der Waals surface area contributed by atoms with Crippen LogP contribution in [0.15, 0.2) is 71.3 Å². The molecule has 0 aliphatic carbocycles. The maximum absolute atomic E-state index is 12.8. The number of esters is 1. The van der Waals surface area contributed by atoms with Crippen molar-refractivity contribution < 1.29 is 23.6 Å². The van der Waals surface area contributed by atoms with Crippen LogP contribution in [0.25, 0.3) is 0 Å². The van der Waals surface area contributed by atoms with E-state index in [0.717, 1.165) is 0 Å². The van der Waals surface area contributed by atoms with Crippen LogP contribution in [0, 0.1) is 6.92 Å². The molecule has 1 heterocycles. The summed E-state index contributed by atoms with van der Waals surface area (Å²) in [4.78, 5) is 37.7. The highest BCUT2D eigenvalue weighted by atomic mass is 16.5. The molecule has 0 saturated carbocycles. The summed E-state index contributed by atoms with van der Waals surface area (Å²) in [6.45, 7) is 3.12. The maximum Gasteiger partial charge on any atom is 0.334 e. The predicted octanol–water partition coefficient (Wildman–Crippen LogP) is 3.02. The van der Waals surface area contributed by atoms with Crippen molar-refractivity contribution >= 4 is 23.6 Å². The van der Waals surface area contributed by atoms with Crippen molar-refractivity contribution in [2.24, 2.45) is 0 Å². The highest BCUT2D eigenvalue weighted by molar-refractivity contribution is 5.98. The number of carbonyl (C=O) groups excluding carboxylic acids is 3. The fourth-order valence-corrected chi connectivity index (χ4v) is 2.68. The third-order valence-electron chi connectivity index (χ3n) is 4.22. The molecule has 0 aliphatic rings. The molecule has 8 heteroatoms. The van der Waals surface area contributed by atoms with Gasteiger partial charge in [0.1, 0.15) is 5.76 Å². The van der Waals surface area contributed by atoms with Gasteiger partial charge in [-0.2, -0.15) is 0 Å². The van der Waals surface area contributed by atoms with E-state index in [9.17, 15) is 14.4 Å². The van der Waals surface area contributed by atoms with Gasteiger partial charge in [0, 0.05) is 11.6 Å². The van der Waals surface area contributed by atoms with Gasteiger partial charge in [0.05, 0.1) is 0 Å². The summed E-state index contributed by atoms with van der Waals surface area (Å²) in [5.74, 6) is -1.01. The van der Waals surface area contributed by atoms with Gasteiger partial charge < -0.3 is 19.9 Å². The first kappa shape index (κ1) is 20.8. The number of nitrogens with zero attached hydrogens (tertiary/aromatic N) is 1. The van der Waals surface area contributed by atoms with Crippen molar-refractivity contribution in [1.82, 2.24) is 10.5 Å². The lowest BCUT2D eigenvalue weighted by molar-refractivity contribution is -0.155. The molecule has 0 spiro atoms. The smallest absolute Gasteiger partial charge is 0.334 e. The van der Waals surface area contributed by atoms with Crippen LogP contribution < -0.4 is 10.6 Å². The summed E-state index contributed by atoms with van der Waals surface area (Å²) in [7, 11) is 0. The lowest BCUT2D eigenvalue weighted by atomic mass is 10.1. The van der Waals surface area contributed by atoms with E-state index in [0.29, 0.717) is 16.9 Å². The maximum atomic E-state index is 12.8. The van der Waals surface area contributed by atoms with Crippen molar-refractivity contribution in [3.63, 3.8) is 0 Å². The van der Waals surface area contributed by atoms with E-state index >= 15 is 0 Å². The number of aryl methyl sites for hydroxylation is 1. The average Bonchev–Trinajstić information content (AvgIpc) is 3.17. The highest BCUT2D eigenvalue weighted by Gasteiger charge is 2.28. The Hall–Kier alpha value is -3.94. The Morgan fingerprint density at radius 3 is 2.23 bits per heavy atom. The fraction of sp³-hybridized carbons (Fsp3) is 0.182. The molecule has 0 saturated heterocycles. The number of carbonyl (C=O) groups is 3. The first-order valence-corrected chi connectivity index (χ1v) is 9.29. The van der Waals surface area contributed by atoms with Crippen molar-refractivity contribution in [1.29, 1.82) is 0 Å². The molecule has 0 bridgehead atoms. The molecule has 0 aliphatic heterocycles. The lowest BCUT2D eigenvalue weighted by Gasteiger charge is -2.20. The van der Waals surface area contributed by atoms with E-state index < -0.39 is 29.9 Å². The summed E-state index contributed by atoms with van der Waals surface area (Å²) in [6, 6.07) is 17.6. The van der Waals surface area contributed by atoms with Crippen LogP contribution in [0.4, 0.5) is 5.82 Å².